The van der Waals surface area contributed by atoms with E-state index in [4.69, 9.17) is 14.5 Å². The van der Waals surface area contributed by atoms with Crippen LogP contribution in [0.1, 0.15) is 39.4 Å². The fourth-order valence-electron chi connectivity index (χ4n) is 6.24. The van der Waals surface area contributed by atoms with Crippen molar-refractivity contribution >= 4 is 28.9 Å². The van der Waals surface area contributed by atoms with Crippen LogP contribution in [0.4, 0.5) is 23.0 Å². The molecule has 2 N–H and O–H groups in total. The average molecular weight is 598 g/mol. The summed E-state index contributed by atoms with van der Waals surface area (Å²) in [6.07, 6.45) is 6.49. The molecule has 12 heteroatoms. The van der Waals surface area contributed by atoms with Crippen molar-refractivity contribution in [3.63, 3.8) is 0 Å². The highest BCUT2D eigenvalue weighted by atomic mass is 16.5. The van der Waals surface area contributed by atoms with Gasteiger partial charge in [0.25, 0.3) is 5.91 Å². The van der Waals surface area contributed by atoms with Gasteiger partial charge in [0.2, 0.25) is 5.95 Å². The number of anilines is 4. The van der Waals surface area contributed by atoms with Gasteiger partial charge in [0.05, 0.1) is 48.1 Å². The van der Waals surface area contributed by atoms with Gasteiger partial charge >= 0.3 is 0 Å². The monoisotopic (exact) mass is 597 g/mol. The van der Waals surface area contributed by atoms with E-state index in [1.807, 2.05) is 47.6 Å². The Kier molecular flexibility index (Phi) is 7.47. The number of piperazine rings is 1. The van der Waals surface area contributed by atoms with Gasteiger partial charge in [-0.25, -0.2) is 4.98 Å². The molecular formula is C32H39N9O3. The van der Waals surface area contributed by atoms with E-state index in [9.17, 15) is 4.79 Å². The maximum Gasteiger partial charge on any atom is 0.257 e. The van der Waals surface area contributed by atoms with Crippen molar-refractivity contribution in [2.75, 3.05) is 62.5 Å². The molecule has 2 fully saturated rings. The number of aryl methyl sites for hydroxylation is 2. The Morgan fingerprint density at radius 1 is 1.14 bits per heavy atom. The van der Waals surface area contributed by atoms with Gasteiger partial charge in [0, 0.05) is 68.2 Å². The predicted molar refractivity (Wildman–Crippen MR) is 169 cm³/mol. The van der Waals surface area contributed by atoms with Crippen molar-refractivity contribution in [3.05, 3.63) is 64.9 Å². The van der Waals surface area contributed by atoms with Crippen LogP contribution in [0, 0.1) is 13.8 Å². The molecule has 3 aliphatic rings. The molecule has 1 amide bonds. The van der Waals surface area contributed by atoms with Gasteiger partial charge in [0.15, 0.2) is 0 Å². The second-order valence-electron chi connectivity index (χ2n) is 11.9. The number of nitrogens with one attached hydrogen (secondary N) is 2. The number of carbonyl (C=O) groups excluding carboxylic acids is 1. The van der Waals surface area contributed by atoms with E-state index in [1.165, 1.54) is 0 Å². The summed E-state index contributed by atoms with van der Waals surface area (Å²) in [7, 11) is 3.83. The first-order valence-electron chi connectivity index (χ1n) is 15.3. The van der Waals surface area contributed by atoms with Crippen LogP contribution in [0.25, 0.3) is 5.82 Å². The Balaban J connectivity index is 1.10. The lowest BCUT2D eigenvalue weighted by Gasteiger charge is -2.34. The second kappa shape index (κ2) is 11.6. The quantitative estimate of drug-likeness (QED) is 0.314. The molecule has 0 radical (unpaired) electrons. The zero-order chi connectivity index (χ0) is 30.4. The van der Waals surface area contributed by atoms with Crippen molar-refractivity contribution in [1.82, 2.24) is 29.2 Å². The Bertz CT molecular complexity index is 1700. The SMILES string of the molecule is COc1cc(N2CCN(C)CC2)ccc1Nc1ncc2c(n1)-n1ccc(C(=O)Nc3c(C)nn(CC4CCO4)c3C)c1CC2. The summed E-state index contributed by atoms with van der Waals surface area (Å²) in [6.45, 7) is 9.45. The molecule has 230 valence electrons. The van der Waals surface area contributed by atoms with Gasteiger partial charge in [0.1, 0.15) is 11.6 Å². The molecule has 4 aromatic rings. The van der Waals surface area contributed by atoms with Crippen LogP contribution in [-0.4, -0.2) is 88.2 Å². The molecule has 44 heavy (non-hydrogen) atoms. The number of ether oxygens (including phenoxy) is 2. The first-order valence-corrected chi connectivity index (χ1v) is 15.3. The molecular weight excluding hydrogens is 558 g/mol. The normalized spacial score (nSPS) is 17.9. The van der Waals surface area contributed by atoms with Crippen molar-refractivity contribution in [1.29, 1.82) is 0 Å². The van der Waals surface area contributed by atoms with E-state index in [0.29, 0.717) is 18.1 Å². The van der Waals surface area contributed by atoms with Crippen molar-refractivity contribution < 1.29 is 14.3 Å². The number of methoxy groups -OCH3 is 1. The summed E-state index contributed by atoms with van der Waals surface area (Å²) < 4.78 is 15.3. The minimum Gasteiger partial charge on any atom is -0.494 e. The molecule has 12 nitrogen and oxygen atoms in total. The van der Waals surface area contributed by atoms with Crippen LogP contribution in [0.5, 0.6) is 5.75 Å². The molecule has 0 bridgehead atoms. The Morgan fingerprint density at radius 3 is 2.70 bits per heavy atom. The van der Waals surface area contributed by atoms with Crippen LogP contribution in [0.2, 0.25) is 0 Å². The van der Waals surface area contributed by atoms with Gasteiger partial charge in [-0.15, -0.1) is 0 Å². The molecule has 0 spiro atoms. The van der Waals surface area contributed by atoms with E-state index in [1.54, 1.807) is 7.11 Å². The number of likely N-dealkylation sites (N-methyl/N-ethyl adjacent to an activating group) is 1. The third-order valence-corrected chi connectivity index (χ3v) is 9.03. The zero-order valence-electron chi connectivity index (χ0n) is 25.8. The number of nitrogens with zero attached hydrogens (tertiary/aromatic N) is 7. The lowest BCUT2D eigenvalue weighted by Crippen LogP contribution is -2.44. The van der Waals surface area contributed by atoms with E-state index >= 15 is 0 Å². The highest BCUT2D eigenvalue weighted by molar-refractivity contribution is 6.06. The minimum atomic E-state index is -0.148. The van der Waals surface area contributed by atoms with E-state index in [0.717, 1.165) is 103 Å². The number of fused-ring (bicyclic) bond motifs is 3. The van der Waals surface area contributed by atoms with Crippen LogP contribution in [0.3, 0.4) is 0 Å². The summed E-state index contributed by atoms with van der Waals surface area (Å²) in [6, 6.07) is 8.06. The van der Waals surface area contributed by atoms with Gasteiger partial charge in [-0.05, 0) is 58.4 Å². The largest absolute Gasteiger partial charge is 0.494 e. The van der Waals surface area contributed by atoms with Gasteiger partial charge in [-0.1, -0.05) is 0 Å². The minimum absolute atomic E-state index is 0.148. The fourth-order valence-corrected chi connectivity index (χ4v) is 6.24. The van der Waals surface area contributed by atoms with Crippen molar-refractivity contribution in [2.45, 2.75) is 45.8 Å². The van der Waals surface area contributed by atoms with Gasteiger partial charge in [-0.2, -0.15) is 10.1 Å². The van der Waals surface area contributed by atoms with E-state index < -0.39 is 0 Å². The number of benzene rings is 1. The molecule has 7 rings (SSSR count). The molecule has 1 aromatic carbocycles. The number of hydrogen-bond donors (Lipinski definition) is 2. The average Bonchev–Trinajstić information content (AvgIpc) is 3.56. The Hall–Kier alpha value is -4.42. The summed E-state index contributed by atoms with van der Waals surface area (Å²) in [5.41, 5.74) is 7.02. The molecule has 1 unspecified atom stereocenters. The van der Waals surface area contributed by atoms with Crippen LogP contribution < -0.4 is 20.3 Å². The predicted octanol–water partition coefficient (Wildman–Crippen LogP) is 3.72. The molecule has 2 saturated heterocycles. The lowest BCUT2D eigenvalue weighted by atomic mass is 10.0. The van der Waals surface area contributed by atoms with Crippen molar-refractivity contribution in [3.8, 4) is 11.6 Å². The van der Waals surface area contributed by atoms with E-state index in [2.05, 4.69) is 49.7 Å². The number of rotatable bonds is 8. The maximum atomic E-state index is 13.5. The summed E-state index contributed by atoms with van der Waals surface area (Å²) in [4.78, 5) is 27.8. The third-order valence-electron chi connectivity index (χ3n) is 9.03. The highest BCUT2D eigenvalue weighted by Gasteiger charge is 2.26. The number of amides is 1. The Morgan fingerprint density at radius 2 is 1.95 bits per heavy atom. The molecule has 0 aliphatic carbocycles. The summed E-state index contributed by atoms with van der Waals surface area (Å²) >= 11 is 0. The Labute approximate surface area is 257 Å². The molecule has 0 saturated carbocycles. The molecule has 3 aromatic heterocycles. The fraction of sp³-hybridized carbons (Fsp3) is 0.438. The third kappa shape index (κ3) is 5.28. The first kappa shape index (κ1) is 28.4. The zero-order valence-corrected chi connectivity index (χ0v) is 25.8. The molecule has 6 heterocycles. The standard InChI is InChI=1S/C32H39N9O3/c1-20-29(21(2)41(37-20)19-24-10-16-44-24)35-31(42)25-9-11-40-27(25)8-5-22-18-33-32(36-30(22)40)34-26-7-6-23(17-28(26)43-4)39-14-12-38(3)13-15-39/h6-7,9,11,17-18,24H,5,8,10,12-16,19H2,1-4H3,(H,35,42)(H,33,34,36). The number of aromatic nitrogens is 5. The summed E-state index contributed by atoms with van der Waals surface area (Å²) in [5, 5.41) is 11.1. The number of carbonyl (C=O) groups is 1. The lowest BCUT2D eigenvalue weighted by molar-refractivity contribution is -0.0612. The topological polar surface area (TPSA) is 115 Å². The maximum absolute atomic E-state index is 13.5. The number of hydrogen-bond acceptors (Lipinski definition) is 9. The van der Waals surface area contributed by atoms with Crippen molar-refractivity contribution in [2.24, 2.45) is 0 Å². The highest BCUT2D eigenvalue weighted by Crippen LogP contribution is 2.33. The summed E-state index contributed by atoms with van der Waals surface area (Å²) in [5.74, 6) is 1.83. The van der Waals surface area contributed by atoms with Crippen LogP contribution in [0.15, 0.2) is 36.7 Å². The van der Waals surface area contributed by atoms with E-state index in [-0.39, 0.29) is 12.0 Å². The smallest absolute Gasteiger partial charge is 0.257 e. The second-order valence-corrected chi connectivity index (χ2v) is 11.9. The van der Waals surface area contributed by atoms with Gasteiger partial charge < -0.3 is 34.5 Å². The first-order chi connectivity index (χ1) is 21.4. The molecule has 1 atom stereocenters. The molecule has 3 aliphatic heterocycles. The van der Waals surface area contributed by atoms with Crippen LogP contribution >= 0.6 is 0 Å². The van der Waals surface area contributed by atoms with Crippen LogP contribution in [-0.2, 0) is 24.1 Å². The van der Waals surface area contributed by atoms with Gasteiger partial charge in [-0.3, -0.25) is 9.48 Å².